The maximum absolute atomic E-state index is 13.1. The third kappa shape index (κ3) is 41.2. The smallest absolute Gasteiger partial charge is 0.220 e. The summed E-state index contributed by atoms with van der Waals surface area (Å²) in [6, 6.07) is -0.833. The molecular formula is C63H115NO8. The second kappa shape index (κ2) is 52.3. The first-order chi connectivity index (χ1) is 35.3. The van der Waals surface area contributed by atoms with Crippen LogP contribution in [0.2, 0.25) is 0 Å². The van der Waals surface area contributed by atoms with Crippen molar-refractivity contribution in [3.63, 3.8) is 0 Å². The van der Waals surface area contributed by atoms with Gasteiger partial charge in [-0.1, -0.05) is 261 Å². The van der Waals surface area contributed by atoms with Crippen LogP contribution in [0.15, 0.2) is 60.8 Å². The second-order valence-corrected chi connectivity index (χ2v) is 21.1. The van der Waals surface area contributed by atoms with Gasteiger partial charge in [-0.3, -0.25) is 4.79 Å². The lowest BCUT2D eigenvalue weighted by Crippen LogP contribution is -2.60. The number of hydrogen-bond acceptors (Lipinski definition) is 8. The summed E-state index contributed by atoms with van der Waals surface area (Å²) in [5.41, 5.74) is 0. The van der Waals surface area contributed by atoms with E-state index in [1.165, 1.54) is 193 Å². The molecule has 9 nitrogen and oxygen atoms in total. The summed E-state index contributed by atoms with van der Waals surface area (Å²) in [6.45, 7) is 3.77. The van der Waals surface area contributed by atoms with Crippen LogP contribution in [0.5, 0.6) is 0 Å². The lowest BCUT2D eigenvalue weighted by molar-refractivity contribution is -0.302. The first-order valence-electron chi connectivity index (χ1n) is 30.5. The Morgan fingerprint density at radius 3 is 1.26 bits per heavy atom. The van der Waals surface area contributed by atoms with Crippen LogP contribution in [0.1, 0.15) is 277 Å². The number of carbonyl (C=O) groups is 1. The van der Waals surface area contributed by atoms with Gasteiger partial charge in [0.25, 0.3) is 0 Å². The molecule has 0 saturated carbocycles. The third-order valence-corrected chi connectivity index (χ3v) is 14.3. The number of amides is 1. The summed E-state index contributed by atoms with van der Waals surface area (Å²) in [5.74, 6) is -0.198. The van der Waals surface area contributed by atoms with Gasteiger partial charge >= 0.3 is 0 Å². The molecule has 1 aliphatic rings. The van der Waals surface area contributed by atoms with E-state index in [4.69, 9.17) is 9.47 Å². The summed E-state index contributed by atoms with van der Waals surface area (Å²) in [6.07, 6.45) is 64.4. The Morgan fingerprint density at radius 1 is 0.472 bits per heavy atom. The average molecular weight is 1010 g/mol. The Kier molecular flexibility index (Phi) is 49.4. The standard InChI is InChI=1S/C63H115NO8/c1-3-5-7-9-11-13-15-17-19-21-23-25-26-27-28-29-30-31-33-34-36-38-40-42-44-46-48-50-52-57(66)56(55-71-63-62(70)61(69)60(68)58(54-65)72-63)64-59(67)53-51-49-47-45-43-41-39-37-35-32-24-22-20-18-16-14-12-10-8-6-4-2/h16,18,22,24,35,37,42,44,50,52,56-58,60-63,65-66,68-70H,3-15,17,19-21,23,25-34,36,38-41,43,45-49,51,53-55H2,1-2H3,(H,64,67)/b18-16-,24-22-,37-35-,44-42+,52-50+. The largest absolute Gasteiger partial charge is 0.394 e. The number of carbonyl (C=O) groups excluding carboxylic acids is 1. The highest BCUT2D eigenvalue weighted by atomic mass is 16.7. The van der Waals surface area contributed by atoms with Gasteiger partial charge in [0.05, 0.1) is 25.4 Å². The van der Waals surface area contributed by atoms with Crippen molar-refractivity contribution in [3.05, 3.63) is 60.8 Å². The maximum Gasteiger partial charge on any atom is 0.220 e. The maximum atomic E-state index is 13.1. The van der Waals surface area contributed by atoms with Gasteiger partial charge in [-0.15, -0.1) is 0 Å². The van der Waals surface area contributed by atoms with Crippen LogP contribution in [-0.4, -0.2) is 87.5 Å². The fraction of sp³-hybridized carbons (Fsp3) is 0.825. The minimum atomic E-state index is -1.58. The van der Waals surface area contributed by atoms with Crippen molar-refractivity contribution in [2.24, 2.45) is 0 Å². The molecule has 1 aliphatic heterocycles. The molecule has 9 heteroatoms. The van der Waals surface area contributed by atoms with E-state index in [9.17, 15) is 30.3 Å². The van der Waals surface area contributed by atoms with E-state index in [1.807, 2.05) is 6.08 Å². The first-order valence-corrected chi connectivity index (χ1v) is 30.5. The van der Waals surface area contributed by atoms with Crippen LogP contribution < -0.4 is 5.32 Å². The fourth-order valence-corrected chi connectivity index (χ4v) is 9.48. The molecule has 7 unspecified atom stereocenters. The number of allylic oxidation sites excluding steroid dienone is 9. The predicted molar refractivity (Wildman–Crippen MR) is 304 cm³/mol. The van der Waals surface area contributed by atoms with Gasteiger partial charge in [0, 0.05) is 6.42 Å². The van der Waals surface area contributed by atoms with Gasteiger partial charge in [-0.2, -0.15) is 0 Å². The highest BCUT2D eigenvalue weighted by Crippen LogP contribution is 2.23. The average Bonchev–Trinajstić information content (AvgIpc) is 3.38. The summed E-state index contributed by atoms with van der Waals surface area (Å²) in [4.78, 5) is 13.1. The van der Waals surface area contributed by atoms with E-state index >= 15 is 0 Å². The number of ether oxygens (including phenoxy) is 2. The molecule has 420 valence electrons. The Bertz CT molecular complexity index is 1310. The van der Waals surface area contributed by atoms with E-state index < -0.39 is 49.5 Å². The van der Waals surface area contributed by atoms with Crippen molar-refractivity contribution in [2.45, 2.75) is 320 Å². The molecule has 72 heavy (non-hydrogen) atoms. The lowest BCUT2D eigenvalue weighted by atomic mass is 9.99. The number of aliphatic hydroxyl groups excluding tert-OH is 5. The van der Waals surface area contributed by atoms with Crippen molar-refractivity contribution in [1.29, 1.82) is 0 Å². The molecule has 7 atom stereocenters. The molecule has 6 N–H and O–H groups in total. The van der Waals surface area contributed by atoms with E-state index in [-0.39, 0.29) is 12.5 Å². The molecule has 1 rings (SSSR count). The van der Waals surface area contributed by atoms with E-state index in [1.54, 1.807) is 6.08 Å². The van der Waals surface area contributed by atoms with Crippen molar-refractivity contribution in [2.75, 3.05) is 13.2 Å². The first kappa shape index (κ1) is 67.9. The quantitative estimate of drug-likeness (QED) is 0.0261. The fourth-order valence-electron chi connectivity index (χ4n) is 9.48. The molecule has 0 aromatic carbocycles. The normalized spacial score (nSPS) is 19.6. The molecule has 1 fully saturated rings. The zero-order chi connectivity index (χ0) is 52.2. The summed E-state index contributed by atoms with van der Waals surface area (Å²) in [7, 11) is 0. The minimum absolute atomic E-state index is 0.198. The monoisotopic (exact) mass is 1010 g/mol. The summed E-state index contributed by atoms with van der Waals surface area (Å²) < 4.78 is 11.3. The number of hydrogen-bond donors (Lipinski definition) is 6. The van der Waals surface area contributed by atoms with Crippen LogP contribution in [-0.2, 0) is 14.3 Å². The Hall–Kier alpha value is -2.11. The zero-order valence-corrected chi connectivity index (χ0v) is 46.7. The van der Waals surface area contributed by atoms with Gasteiger partial charge in [-0.25, -0.2) is 0 Å². The van der Waals surface area contributed by atoms with Crippen LogP contribution in [0, 0.1) is 0 Å². The molecule has 0 bridgehead atoms. The van der Waals surface area contributed by atoms with Crippen molar-refractivity contribution < 1.29 is 39.8 Å². The number of unbranched alkanes of at least 4 members (excludes halogenated alkanes) is 34. The van der Waals surface area contributed by atoms with Crippen LogP contribution in [0.3, 0.4) is 0 Å². The van der Waals surface area contributed by atoms with Crippen molar-refractivity contribution in [1.82, 2.24) is 5.32 Å². The molecule has 0 radical (unpaired) electrons. The summed E-state index contributed by atoms with van der Waals surface area (Å²) in [5, 5.41) is 54.5. The van der Waals surface area contributed by atoms with E-state index in [2.05, 4.69) is 67.8 Å². The van der Waals surface area contributed by atoms with Gasteiger partial charge in [0.15, 0.2) is 6.29 Å². The molecule has 0 aromatic heterocycles. The van der Waals surface area contributed by atoms with Crippen LogP contribution in [0.4, 0.5) is 0 Å². The Labute approximate surface area is 443 Å². The molecular weight excluding hydrogens is 899 g/mol. The van der Waals surface area contributed by atoms with Crippen molar-refractivity contribution >= 4 is 5.91 Å². The highest BCUT2D eigenvalue weighted by molar-refractivity contribution is 5.76. The van der Waals surface area contributed by atoms with E-state index in [0.29, 0.717) is 6.42 Å². The van der Waals surface area contributed by atoms with Crippen LogP contribution in [0.25, 0.3) is 0 Å². The second-order valence-electron chi connectivity index (χ2n) is 21.1. The molecule has 1 saturated heterocycles. The van der Waals surface area contributed by atoms with Crippen LogP contribution >= 0.6 is 0 Å². The molecule has 1 heterocycles. The molecule has 0 aliphatic carbocycles. The molecule has 0 spiro atoms. The van der Waals surface area contributed by atoms with Gasteiger partial charge in [-0.05, 0) is 70.6 Å². The number of nitrogens with one attached hydrogen (secondary N) is 1. The Morgan fingerprint density at radius 2 is 0.833 bits per heavy atom. The molecule has 1 amide bonds. The highest BCUT2D eigenvalue weighted by Gasteiger charge is 2.44. The zero-order valence-electron chi connectivity index (χ0n) is 46.7. The van der Waals surface area contributed by atoms with Gasteiger partial charge < -0.3 is 40.3 Å². The van der Waals surface area contributed by atoms with Gasteiger partial charge in [0.1, 0.15) is 24.4 Å². The van der Waals surface area contributed by atoms with Crippen molar-refractivity contribution in [3.8, 4) is 0 Å². The number of rotatable bonds is 52. The topological polar surface area (TPSA) is 149 Å². The van der Waals surface area contributed by atoms with Gasteiger partial charge in [0.2, 0.25) is 5.91 Å². The predicted octanol–water partition coefficient (Wildman–Crippen LogP) is 15.5. The summed E-state index contributed by atoms with van der Waals surface area (Å²) >= 11 is 0. The van der Waals surface area contributed by atoms with E-state index in [0.717, 1.165) is 64.2 Å². The molecule has 0 aromatic rings. The third-order valence-electron chi connectivity index (χ3n) is 14.3. The Balaban J connectivity index is 2.24. The minimum Gasteiger partial charge on any atom is -0.394 e. The SMILES string of the molecule is CCCCCCC/C=C\C/C=C\C/C=C\CCCCCCCCC(=O)NC(COC1OC(CO)C(O)C(O)C1O)C(O)/C=C/CC/C=C/CCCCCCCCCCCCCCCCCCCCCCCC. The lowest BCUT2D eigenvalue weighted by Gasteiger charge is -2.40. The number of aliphatic hydroxyl groups is 5.